The monoisotopic (exact) mass is 243 g/mol. The average molecular weight is 243 g/mol. The van der Waals surface area contributed by atoms with E-state index in [-0.39, 0.29) is 0 Å². The Kier molecular flexibility index (Phi) is 3.70. The first-order valence-corrected chi connectivity index (χ1v) is 6.47. The van der Waals surface area contributed by atoms with E-state index in [9.17, 15) is 0 Å². The molecule has 0 bridgehead atoms. The van der Waals surface area contributed by atoms with Gasteiger partial charge in [-0.3, -0.25) is 0 Å². The Morgan fingerprint density at radius 3 is 2.78 bits per heavy atom. The maximum atomic E-state index is 5.77. The fraction of sp³-hybridized carbons (Fsp3) is 0.400. The zero-order chi connectivity index (χ0) is 13.1. The van der Waals surface area contributed by atoms with Crippen LogP contribution in [0, 0.1) is 5.92 Å². The molecule has 3 heteroatoms. The number of rotatable bonds is 4. The molecule has 96 valence electrons. The van der Waals surface area contributed by atoms with E-state index in [1.54, 1.807) is 0 Å². The molecule has 2 rings (SSSR count). The summed E-state index contributed by atoms with van der Waals surface area (Å²) >= 11 is 0. The highest BCUT2D eigenvalue weighted by molar-refractivity contribution is 5.83. The molecule has 0 radical (unpaired) electrons. The van der Waals surface area contributed by atoms with Crippen molar-refractivity contribution in [2.45, 2.75) is 20.3 Å². The minimum Gasteiger partial charge on any atom is -0.399 e. The SMILES string of the molecule is CCC(C)CN(C)c1ccc2cc(N)ccc2n1. The largest absolute Gasteiger partial charge is 0.399 e. The van der Waals surface area contributed by atoms with Crippen LogP contribution >= 0.6 is 0 Å². The van der Waals surface area contributed by atoms with Crippen LogP contribution in [-0.2, 0) is 0 Å². The lowest BCUT2D eigenvalue weighted by Gasteiger charge is -2.22. The molecule has 0 saturated carbocycles. The van der Waals surface area contributed by atoms with Crippen molar-refractivity contribution >= 4 is 22.4 Å². The van der Waals surface area contributed by atoms with E-state index in [0.717, 1.165) is 29.0 Å². The normalized spacial score (nSPS) is 12.6. The van der Waals surface area contributed by atoms with Crippen LogP contribution in [0.3, 0.4) is 0 Å². The summed E-state index contributed by atoms with van der Waals surface area (Å²) in [6.07, 6.45) is 1.19. The molecule has 3 nitrogen and oxygen atoms in total. The number of aromatic nitrogens is 1. The second kappa shape index (κ2) is 5.25. The fourth-order valence-corrected chi connectivity index (χ4v) is 2.04. The predicted molar refractivity (Wildman–Crippen MR) is 78.9 cm³/mol. The van der Waals surface area contributed by atoms with Gasteiger partial charge in [-0.2, -0.15) is 0 Å². The number of nitrogens with two attached hydrogens (primary N) is 1. The summed E-state index contributed by atoms with van der Waals surface area (Å²) < 4.78 is 0. The molecule has 1 atom stereocenters. The Balaban J connectivity index is 2.26. The van der Waals surface area contributed by atoms with E-state index < -0.39 is 0 Å². The number of nitrogens with zero attached hydrogens (tertiary/aromatic N) is 2. The van der Waals surface area contributed by atoms with E-state index in [4.69, 9.17) is 5.73 Å². The van der Waals surface area contributed by atoms with Crippen LogP contribution in [0.5, 0.6) is 0 Å². The van der Waals surface area contributed by atoms with Gasteiger partial charge in [-0.25, -0.2) is 4.98 Å². The summed E-state index contributed by atoms with van der Waals surface area (Å²) in [7, 11) is 2.09. The Bertz CT molecular complexity index is 536. The first-order chi connectivity index (χ1) is 8.60. The molecule has 0 aliphatic heterocycles. The summed E-state index contributed by atoms with van der Waals surface area (Å²) in [6, 6.07) is 9.98. The van der Waals surface area contributed by atoms with Gasteiger partial charge in [0, 0.05) is 24.7 Å². The predicted octanol–water partition coefficient (Wildman–Crippen LogP) is 3.30. The molecule has 2 aromatic rings. The van der Waals surface area contributed by atoms with Gasteiger partial charge in [0.1, 0.15) is 5.82 Å². The molecule has 0 aliphatic rings. The second-order valence-corrected chi connectivity index (χ2v) is 5.02. The molecule has 0 aliphatic carbocycles. The number of fused-ring (bicyclic) bond motifs is 1. The van der Waals surface area contributed by atoms with Crippen molar-refractivity contribution in [2.75, 3.05) is 24.2 Å². The lowest BCUT2D eigenvalue weighted by atomic mass is 10.1. The molecular formula is C15H21N3. The van der Waals surface area contributed by atoms with E-state index >= 15 is 0 Å². The quantitative estimate of drug-likeness (QED) is 0.838. The van der Waals surface area contributed by atoms with Crippen LogP contribution in [0.15, 0.2) is 30.3 Å². The number of hydrogen-bond donors (Lipinski definition) is 1. The molecule has 1 aromatic carbocycles. The first kappa shape index (κ1) is 12.7. The van der Waals surface area contributed by atoms with Crippen molar-refractivity contribution < 1.29 is 0 Å². The van der Waals surface area contributed by atoms with E-state index in [1.165, 1.54) is 6.42 Å². The highest BCUT2D eigenvalue weighted by Gasteiger charge is 2.07. The minimum absolute atomic E-state index is 0.680. The van der Waals surface area contributed by atoms with Crippen molar-refractivity contribution in [3.63, 3.8) is 0 Å². The molecule has 0 spiro atoms. The highest BCUT2D eigenvalue weighted by atomic mass is 15.2. The van der Waals surface area contributed by atoms with Crippen LogP contribution in [0.2, 0.25) is 0 Å². The maximum Gasteiger partial charge on any atom is 0.128 e. The van der Waals surface area contributed by atoms with Crippen molar-refractivity contribution in [3.05, 3.63) is 30.3 Å². The van der Waals surface area contributed by atoms with Gasteiger partial charge in [0.25, 0.3) is 0 Å². The molecule has 1 unspecified atom stereocenters. The van der Waals surface area contributed by atoms with Crippen molar-refractivity contribution in [3.8, 4) is 0 Å². The van der Waals surface area contributed by atoms with Crippen LogP contribution in [0.4, 0.5) is 11.5 Å². The number of hydrogen-bond acceptors (Lipinski definition) is 3. The van der Waals surface area contributed by atoms with Crippen LogP contribution in [-0.4, -0.2) is 18.6 Å². The van der Waals surface area contributed by atoms with Gasteiger partial charge in [0.05, 0.1) is 5.52 Å². The molecule has 1 heterocycles. The maximum absolute atomic E-state index is 5.77. The zero-order valence-corrected chi connectivity index (χ0v) is 11.4. The molecular weight excluding hydrogens is 222 g/mol. The van der Waals surface area contributed by atoms with E-state index in [2.05, 4.69) is 42.9 Å². The van der Waals surface area contributed by atoms with Crippen LogP contribution in [0.25, 0.3) is 10.9 Å². The van der Waals surface area contributed by atoms with Crippen LogP contribution in [0.1, 0.15) is 20.3 Å². The van der Waals surface area contributed by atoms with Crippen molar-refractivity contribution in [2.24, 2.45) is 5.92 Å². The summed E-state index contributed by atoms with van der Waals surface area (Å²) in [4.78, 5) is 6.89. The molecule has 2 N–H and O–H groups in total. The Morgan fingerprint density at radius 1 is 1.28 bits per heavy atom. The summed E-state index contributed by atoms with van der Waals surface area (Å²) in [6.45, 7) is 5.51. The molecule has 1 aromatic heterocycles. The lowest BCUT2D eigenvalue weighted by molar-refractivity contribution is 0.558. The number of nitrogen functional groups attached to an aromatic ring is 1. The second-order valence-electron chi connectivity index (χ2n) is 5.02. The standard InChI is InChI=1S/C15H21N3/c1-4-11(2)10-18(3)15-8-5-12-9-13(16)6-7-14(12)17-15/h5-9,11H,4,10,16H2,1-3H3. The van der Waals surface area contributed by atoms with Gasteiger partial charge < -0.3 is 10.6 Å². The number of pyridine rings is 1. The van der Waals surface area contributed by atoms with Gasteiger partial charge in [0.15, 0.2) is 0 Å². The summed E-state index contributed by atoms with van der Waals surface area (Å²) in [5, 5.41) is 1.09. The van der Waals surface area contributed by atoms with E-state index in [0.29, 0.717) is 5.92 Å². The van der Waals surface area contributed by atoms with Crippen molar-refractivity contribution in [1.29, 1.82) is 0 Å². The Morgan fingerprint density at radius 2 is 2.06 bits per heavy atom. The zero-order valence-electron chi connectivity index (χ0n) is 11.4. The van der Waals surface area contributed by atoms with Gasteiger partial charge >= 0.3 is 0 Å². The van der Waals surface area contributed by atoms with Gasteiger partial charge in [-0.05, 0) is 36.2 Å². The average Bonchev–Trinajstić information content (AvgIpc) is 2.37. The van der Waals surface area contributed by atoms with Gasteiger partial charge in [0.2, 0.25) is 0 Å². The fourth-order valence-electron chi connectivity index (χ4n) is 2.04. The Hall–Kier alpha value is -1.77. The molecule has 0 saturated heterocycles. The highest BCUT2D eigenvalue weighted by Crippen LogP contribution is 2.20. The van der Waals surface area contributed by atoms with Gasteiger partial charge in [-0.1, -0.05) is 20.3 Å². The molecule has 0 amide bonds. The molecule has 0 fully saturated rings. The lowest BCUT2D eigenvalue weighted by Crippen LogP contribution is -2.24. The topological polar surface area (TPSA) is 42.1 Å². The first-order valence-electron chi connectivity index (χ1n) is 6.47. The summed E-state index contributed by atoms with van der Waals surface area (Å²) in [5.41, 5.74) is 7.55. The third-order valence-electron chi connectivity index (χ3n) is 3.37. The number of anilines is 2. The summed E-state index contributed by atoms with van der Waals surface area (Å²) in [5.74, 6) is 1.70. The van der Waals surface area contributed by atoms with Gasteiger partial charge in [-0.15, -0.1) is 0 Å². The third kappa shape index (κ3) is 2.73. The van der Waals surface area contributed by atoms with Crippen molar-refractivity contribution in [1.82, 2.24) is 4.98 Å². The minimum atomic E-state index is 0.680. The Labute approximate surface area is 109 Å². The number of benzene rings is 1. The molecule has 18 heavy (non-hydrogen) atoms. The smallest absolute Gasteiger partial charge is 0.128 e. The van der Waals surface area contributed by atoms with E-state index in [1.807, 2.05) is 18.2 Å². The third-order valence-corrected chi connectivity index (χ3v) is 3.37. The van der Waals surface area contributed by atoms with Crippen LogP contribution < -0.4 is 10.6 Å².